The molecule has 0 heterocycles. The van der Waals surface area contributed by atoms with Crippen molar-refractivity contribution < 1.29 is 10.2 Å². The second-order valence-electron chi connectivity index (χ2n) is 4.77. The number of hydrogen-bond acceptors (Lipinski definition) is 2. The summed E-state index contributed by atoms with van der Waals surface area (Å²) in [6.07, 6.45) is 2.02. The van der Waals surface area contributed by atoms with E-state index in [1.54, 1.807) is 13.8 Å². The molecular weight excluding hydrogens is 212 g/mol. The zero-order valence-electron chi connectivity index (χ0n) is 10.4. The highest BCUT2D eigenvalue weighted by Gasteiger charge is 2.44. The average molecular weight is 232 g/mol. The minimum Gasteiger partial charge on any atom is -0.388 e. The first-order chi connectivity index (χ1) is 7.89. The van der Waals surface area contributed by atoms with Crippen molar-refractivity contribution in [1.82, 2.24) is 0 Å². The Morgan fingerprint density at radius 1 is 1.12 bits per heavy atom. The summed E-state index contributed by atoms with van der Waals surface area (Å²) in [5.41, 5.74) is -1.36. The lowest BCUT2D eigenvalue weighted by atomic mass is 9.69. The molecule has 0 radical (unpaired) electrons. The first kappa shape index (κ1) is 13.7. The van der Waals surface area contributed by atoms with Crippen LogP contribution in [0.5, 0.6) is 0 Å². The maximum Gasteiger partial charge on any atom is 0.108 e. The van der Waals surface area contributed by atoms with E-state index in [4.69, 9.17) is 0 Å². The van der Waals surface area contributed by atoms with Crippen molar-refractivity contribution in [3.8, 4) is 0 Å². The van der Waals surface area contributed by atoms with Gasteiger partial charge in [0.1, 0.15) is 5.60 Å². The lowest BCUT2D eigenvalue weighted by molar-refractivity contribution is -0.0696. The molecule has 0 aliphatic carbocycles. The maximum absolute atomic E-state index is 10.4. The van der Waals surface area contributed by atoms with E-state index in [0.717, 1.165) is 5.56 Å². The molecule has 0 fully saturated rings. The Balaban J connectivity index is 3.14. The molecule has 1 atom stereocenters. The van der Waals surface area contributed by atoms with Crippen molar-refractivity contribution in [1.29, 1.82) is 0 Å². The summed E-state index contributed by atoms with van der Waals surface area (Å²) in [5.74, 6) is 0. The van der Waals surface area contributed by atoms with E-state index in [-0.39, 0.29) is 0 Å². The predicted octanol–water partition coefficient (Wildman–Crippen LogP) is 2.85. The van der Waals surface area contributed by atoms with Crippen molar-refractivity contribution in [2.45, 2.75) is 25.6 Å². The number of hydrogen-bond donors (Lipinski definition) is 2. The van der Waals surface area contributed by atoms with Crippen molar-refractivity contribution in [3.63, 3.8) is 0 Å². The molecule has 0 aromatic heterocycles. The first-order valence-corrected chi connectivity index (χ1v) is 5.61. The Hall–Kier alpha value is -1.38. The quantitative estimate of drug-likeness (QED) is 0.766. The van der Waals surface area contributed by atoms with E-state index in [1.165, 1.54) is 12.2 Å². The van der Waals surface area contributed by atoms with Crippen LogP contribution in [0, 0.1) is 5.41 Å². The monoisotopic (exact) mass is 232 g/mol. The van der Waals surface area contributed by atoms with Gasteiger partial charge in [0, 0.05) is 5.41 Å². The van der Waals surface area contributed by atoms with Gasteiger partial charge in [-0.25, -0.2) is 0 Å². The minimum absolute atomic E-state index is 0.764. The van der Waals surface area contributed by atoms with Crippen LogP contribution in [-0.4, -0.2) is 15.8 Å². The van der Waals surface area contributed by atoms with Crippen molar-refractivity contribution in [2.24, 2.45) is 5.41 Å². The van der Waals surface area contributed by atoms with Gasteiger partial charge < -0.3 is 10.2 Å². The van der Waals surface area contributed by atoms with E-state index in [2.05, 4.69) is 13.2 Å². The molecule has 2 nitrogen and oxygen atoms in total. The van der Waals surface area contributed by atoms with Gasteiger partial charge in [-0.15, -0.1) is 0 Å². The highest BCUT2D eigenvalue weighted by Crippen LogP contribution is 2.43. The summed E-state index contributed by atoms with van der Waals surface area (Å²) >= 11 is 0. The fourth-order valence-corrected chi connectivity index (χ4v) is 1.88. The molecule has 17 heavy (non-hydrogen) atoms. The summed E-state index contributed by atoms with van der Waals surface area (Å²) in [5, 5.41) is 20.8. The Labute approximate surface area is 103 Å². The Morgan fingerprint density at radius 2 is 1.59 bits per heavy atom. The number of benzene rings is 1. The second-order valence-corrected chi connectivity index (χ2v) is 4.77. The lowest BCUT2D eigenvalue weighted by Crippen LogP contribution is -2.45. The Bertz CT molecular complexity index is 385. The highest BCUT2D eigenvalue weighted by molar-refractivity contribution is 5.25. The molecule has 0 aliphatic rings. The van der Waals surface area contributed by atoms with Gasteiger partial charge in [0.05, 0.1) is 6.10 Å². The van der Waals surface area contributed by atoms with E-state index in [0.29, 0.717) is 0 Å². The van der Waals surface area contributed by atoms with Crippen LogP contribution in [0.1, 0.15) is 25.5 Å². The number of rotatable bonds is 5. The summed E-state index contributed by atoms with van der Waals surface area (Å²) in [7, 11) is 0. The molecule has 0 aliphatic heterocycles. The predicted molar refractivity (Wildman–Crippen MR) is 70.5 cm³/mol. The number of aliphatic hydroxyl groups excluding tert-OH is 1. The number of aliphatic hydroxyl groups is 2. The van der Waals surface area contributed by atoms with Gasteiger partial charge in [0.25, 0.3) is 0 Å². The second kappa shape index (κ2) is 4.86. The van der Waals surface area contributed by atoms with Gasteiger partial charge in [-0.2, -0.15) is 0 Å². The largest absolute Gasteiger partial charge is 0.388 e. The van der Waals surface area contributed by atoms with Crippen LogP contribution >= 0.6 is 0 Å². The van der Waals surface area contributed by atoms with Crippen molar-refractivity contribution in [2.75, 3.05) is 0 Å². The molecule has 0 saturated carbocycles. The zero-order chi connectivity index (χ0) is 13.1. The lowest BCUT2D eigenvalue weighted by Gasteiger charge is -2.42. The zero-order valence-corrected chi connectivity index (χ0v) is 10.4. The Morgan fingerprint density at radius 3 is 2.00 bits per heavy atom. The van der Waals surface area contributed by atoms with Gasteiger partial charge >= 0.3 is 0 Å². The third-order valence-electron chi connectivity index (χ3n) is 3.45. The van der Waals surface area contributed by atoms with E-state index >= 15 is 0 Å². The van der Waals surface area contributed by atoms with Crippen LogP contribution in [0.3, 0.4) is 0 Å². The molecule has 2 heteroatoms. The van der Waals surface area contributed by atoms with Crippen LogP contribution in [0.25, 0.3) is 0 Å². The van der Waals surface area contributed by atoms with Crippen LogP contribution < -0.4 is 0 Å². The van der Waals surface area contributed by atoms with E-state index < -0.39 is 17.1 Å². The van der Waals surface area contributed by atoms with Gasteiger partial charge in [0.2, 0.25) is 0 Å². The molecule has 92 valence electrons. The molecule has 0 amide bonds. The summed E-state index contributed by atoms with van der Waals surface area (Å²) in [4.78, 5) is 0. The molecule has 1 rings (SSSR count). The molecule has 1 unspecified atom stereocenters. The molecule has 0 spiro atoms. The standard InChI is InChI=1S/C15H20O2/c1-5-15(17,6-2)14(3,4)13(16)12-10-8-7-9-11-12/h5-11,13,16-17H,1-2H2,3-4H3. The molecule has 0 saturated heterocycles. The van der Waals surface area contributed by atoms with Crippen LogP contribution in [0.15, 0.2) is 55.6 Å². The van der Waals surface area contributed by atoms with Crippen molar-refractivity contribution in [3.05, 3.63) is 61.2 Å². The first-order valence-electron chi connectivity index (χ1n) is 5.61. The molecule has 0 bridgehead atoms. The molecule has 2 N–H and O–H groups in total. The summed E-state index contributed by atoms with van der Waals surface area (Å²) < 4.78 is 0. The normalized spacial score (nSPS) is 14.1. The van der Waals surface area contributed by atoms with Crippen LogP contribution in [0.4, 0.5) is 0 Å². The van der Waals surface area contributed by atoms with Crippen molar-refractivity contribution >= 4 is 0 Å². The SMILES string of the molecule is C=CC(O)(C=C)C(C)(C)C(O)c1ccccc1. The fraction of sp³-hybridized carbons (Fsp3) is 0.333. The smallest absolute Gasteiger partial charge is 0.108 e. The molecule has 1 aromatic carbocycles. The van der Waals surface area contributed by atoms with Crippen LogP contribution in [0.2, 0.25) is 0 Å². The van der Waals surface area contributed by atoms with Gasteiger partial charge in [-0.05, 0) is 5.56 Å². The van der Waals surface area contributed by atoms with Crippen LogP contribution in [-0.2, 0) is 0 Å². The summed E-state index contributed by atoms with van der Waals surface area (Å²) in [6.45, 7) is 10.8. The maximum atomic E-state index is 10.4. The highest BCUT2D eigenvalue weighted by atomic mass is 16.3. The Kier molecular flexibility index (Phi) is 3.91. The topological polar surface area (TPSA) is 40.5 Å². The molecular formula is C15H20O2. The third kappa shape index (κ3) is 2.33. The van der Waals surface area contributed by atoms with Gasteiger partial charge in [0.15, 0.2) is 0 Å². The minimum atomic E-state index is -1.32. The average Bonchev–Trinajstić information content (AvgIpc) is 2.37. The fourth-order valence-electron chi connectivity index (χ4n) is 1.88. The van der Waals surface area contributed by atoms with E-state index in [1.807, 2.05) is 30.3 Å². The molecule has 1 aromatic rings. The summed E-state index contributed by atoms with van der Waals surface area (Å²) in [6, 6.07) is 9.26. The van der Waals surface area contributed by atoms with Gasteiger partial charge in [-0.3, -0.25) is 0 Å². The third-order valence-corrected chi connectivity index (χ3v) is 3.45. The van der Waals surface area contributed by atoms with Gasteiger partial charge in [-0.1, -0.05) is 69.5 Å². The van der Waals surface area contributed by atoms with E-state index in [9.17, 15) is 10.2 Å².